The van der Waals surface area contributed by atoms with Crippen LogP contribution in [0.3, 0.4) is 0 Å². The maximum atomic E-state index is 11.8. The topological polar surface area (TPSA) is 83.3 Å². The van der Waals surface area contributed by atoms with Crippen molar-refractivity contribution in [3.8, 4) is 5.75 Å². The Hall–Kier alpha value is -1.85. The van der Waals surface area contributed by atoms with Crippen LogP contribution in [0.15, 0.2) is 35.1 Å². The monoisotopic (exact) mass is 261 g/mol. The SMILES string of the molecule is NCCCOc1ccc2ccc(=O)n(CCN)c2c1. The summed E-state index contributed by atoms with van der Waals surface area (Å²) in [6, 6.07) is 9.10. The first kappa shape index (κ1) is 13.6. The van der Waals surface area contributed by atoms with Gasteiger partial charge in [-0.3, -0.25) is 4.79 Å². The van der Waals surface area contributed by atoms with Gasteiger partial charge >= 0.3 is 0 Å². The molecule has 4 N–H and O–H groups in total. The average Bonchev–Trinajstić information content (AvgIpc) is 2.42. The van der Waals surface area contributed by atoms with Gasteiger partial charge in [0.1, 0.15) is 5.75 Å². The molecule has 0 atom stereocenters. The zero-order valence-corrected chi connectivity index (χ0v) is 10.8. The van der Waals surface area contributed by atoms with E-state index in [0.717, 1.165) is 23.1 Å². The van der Waals surface area contributed by atoms with Crippen LogP contribution < -0.4 is 21.8 Å². The molecule has 0 radical (unpaired) electrons. The van der Waals surface area contributed by atoms with E-state index in [-0.39, 0.29) is 5.56 Å². The van der Waals surface area contributed by atoms with E-state index < -0.39 is 0 Å². The molecule has 0 saturated heterocycles. The third-order valence-corrected chi connectivity index (χ3v) is 2.93. The van der Waals surface area contributed by atoms with Gasteiger partial charge in [-0.05, 0) is 36.6 Å². The molecule has 0 aliphatic rings. The van der Waals surface area contributed by atoms with Crippen LogP contribution in [0.1, 0.15) is 6.42 Å². The minimum atomic E-state index is -0.0444. The molecule has 1 aromatic heterocycles. The van der Waals surface area contributed by atoms with E-state index in [1.54, 1.807) is 10.6 Å². The molecule has 0 aliphatic heterocycles. The summed E-state index contributed by atoms with van der Waals surface area (Å²) < 4.78 is 7.27. The highest BCUT2D eigenvalue weighted by molar-refractivity contribution is 5.80. The first-order chi connectivity index (χ1) is 9.26. The lowest BCUT2D eigenvalue weighted by Gasteiger charge is -2.11. The Bertz CT molecular complexity index is 607. The van der Waals surface area contributed by atoms with E-state index in [0.29, 0.717) is 26.2 Å². The number of fused-ring (bicyclic) bond motifs is 1. The lowest BCUT2D eigenvalue weighted by atomic mass is 10.2. The van der Waals surface area contributed by atoms with Crippen molar-refractivity contribution < 1.29 is 4.74 Å². The summed E-state index contributed by atoms with van der Waals surface area (Å²) in [7, 11) is 0. The second kappa shape index (κ2) is 6.36. The Labute approximate surface area is 111 Å². The highest BCUT2D eigenvalue weighted by Crippen LogP contribution is 2.19. The predicted molar refractivity (Wildman–Crippen MR) is 76.4 cm³/mol. The zero-order valence-electron chi connectivity index (χ0n) is 10.8. The van der Waals surface area contributed by atoms with E-state index in [1.165, 1.54) is 0 Å². The highest BCUT2D eigenvalue weighted by Gasteiger charge is 2.04. The normalized spacial score (nSPS) is 10.8. The van der Waals surface area contributed by atoms with Crippen molar-refractivity contribution in [2.45, 2.75) is 13.0 Å². The number of nitrogens with zero attached hydrogens (tertiary/aromatic N) is 1. The van der Waals surface area contributed by atoms with Crippen molar-refractivity contribution in [2.24, 2.45) is 11.5 Å². The smallest absolute Gasteiger partial charge is 0.251 e. The van der Waals surface area contributed by atoms with Crippen molar-refractivity contribution in [3.05, 3.63) is 40.7 Å². The van der Waals surface area contributed by atoms with Crippen molar-refractivity contribution in [1.82, 2.24) is 4.57 Å². The minimum absolute atomic E-state index is 0.0444. The predicted octanol–water partition coefficient (Wildman–Crippen LogP) is 0.688. The summed E-state index contributed by atoms with van der Waals surface area (Å²) in [5, 5.41) is 0.999. The lowest BCUT2D eigenvalue weighted by molar-refractivity contribution is 0.313. The number of hydrogen-bond donors (Lipinski definition) is 2. The fourth-order valence-electron chi connectivity index (χ4n) is 1.99. The highest BCUT2D eigenvalue weighted by atomic mass is 16.5. The van der Waals surface area contributed by atoms with Crippen LogP contribution in [-0.4, -0.2) is 24.3 Å². The Kier molecular flexibility index (Phi) is 4.54. The number of hydrogen-bond acceptors (Lipinski definition) is 4. The van der Waals surface area contributed by atoms with Gasteiger partial charge in [0.25, 0.3) is 5.56 Å². The number of nitrogens with two attached hydrogens (primary N) is 2. The van der Waals surface area contributed by atoms with Crippen molar-refractivity contribution >= 4 is 10.9 Å². The largest absolute Gasteiger partial charge is 0.493 e. The van der Waals surface area contributed by atoms with Gasteiger partial charge in [0.2, 0.25) is 0 Å². The first-order valence-electron chi connectivity index (χ1n) is 6.43. The molecule has 19 heavy (non-hydrogen) atoms. The molecule has 0 spiro atoms. The summed E-state index contributed by atoms with van der Waals surface area (Å²) in [5.41, 5.74) is 11.8. The van der Waals surface area contributed by atoms with Crippen LogP contribution in [0.5, 0.6) is 5.75 Å². The van der Waals surface area contributed by atoms with Gasteiger partial charge in [0.15, 0.2) is 0 Å². The van der Waals surface area contributed by atoms with E-state index >= 15 is 0 Å². The maximum Gasteiger partial charge on any atom is 0.251 e. The molecule has 1 aromatic carbocycles. The van der Waals surface area contributed by atoms with Crippen LogP contribution in [0.2, 0.25) is 0 Å². The first-order valence-corrected chi connectivity index (χ1v) is 6.43. The summed E-state index contributed by atoms with van der Waals surface area (Å²) >= 11 is 0. The molecule has 2 rings (SSSR count). The number of ether oxygens (including phenoxy) is 1. The Morgan fingerprint density at radius 1 is 1.11 bits per heavy atom. The molecule has 0 bridgehead atoms. The number of aromatic nitrogens is 1. The molecule has 102 valence electrons. The van der Waals surface area contributed by atoms with Gasteiger partial charge in [0, 0.05) is 25.2 Å². The molecule has 5 heteroatoms. The fraction of sp³-hybridized carbons (Fsp3) is 0.357. The van der Waals surface area contributed by atoms with Gasteiger partial charge in [-0.2, -0.15) is 0 Å². The van der Waals surface area contributed by atoms with Crippen LogP contribution in [0, 0.1) is 0 Å². The van der Waals surface area contributed by atoms with Crippen LogP contribution in [0.4, 0.5) is 0 Å². The van der Waals surface area contributed by atoms with Crippen molar-refractivity contribution in [2.75, 3.05) is 19.7 Å². The second-order valence-electron chi connectivity index (χ2n) is 4.32. The average molecular weight is 261 g/mol. The van der Waals surface area contributed by atoms with Gasteiger partial charge in [0.05, 0.1) is 12.1 Å². The van der Waals surface area contributed by atoms with Gasteiger partial charge in [-0.1, -0.05) is 0 Å². The number of pyridine rings is 1. The molecule has 0 amide bonds. The molecular weight excluding hydrogens is 242 g/mol. The lowest BCUT2D eigenvalue weighted by Crippen LogP contribution is -2.23. The molecule has 0 saturated carbocycles. The molecular formula is C14H19N3O2. The maximum absolute atomic E-state index is 11.8. The van der Waals surface area contributed by atoms with Crippen LogP contribution in [-0.2, 0) is 6.54 Å². The summed E-state index contributed by atoms with van der Waals surface area (Å²) in [6.07, 6.45) is 0.808. The Morgan fingerprint density at radius 3 is 2.63 bits per heavy atom. The zero-order chi connectivity index (χ0) is 13.7. The summed E-state index contributed by atoms with van der Waals surface area (Å²) in [5.74, 6) is 0.748. The summed E-state index contributed by atoms with van der Waals surface area (Å²) in [6.45, 7) is 2.11. The van der Waals surface area contributed by atoms with E-state index in [4.69, 9.17) is 16.2 Å². The minimum Gasteiger partial charge on any atom is -0.493 e. The second-order valence-corrected chi connectivity index (χ2v) is 4.32. The van der Waals surface area contributed by atoms with E-state index in [9.17, 15) is 4.79 Å². The Balaban J connectivity index is 2.38. The molecule has 0 fully saturated rings. The third-order valence-electron chi connectivity index (χ3n) is 2.93. The number of rotatable bonds is 6. The molecule has 5 nitrogen and oxygen atoms in total. The van der Waals surface area contributed by atoms with Gasteiger partial charge in [-0.25, -0.2) is 0 Å². The summed E-state index contributed by atoms with van der Waals surface area (Å²) in [4.78, 5) is 11.8. The van der Waals surface area contributed by atoms with Crippen LogP contribution in [0.25, 0.3) is 10.9 Å². The van der Waals surface area contributed by atoms with Gasteiger partial charge in [-0.15, -0.1) is 0 Å². The van der Waals surface area contributed by atoms with Crippen LogP contribution >= 0.6 is 0 Å². The third kappa shape index (κ3) is 3.13. The van der Waals surface area contributed by atoms with Crippen molar-refractivity contribution in [3.63, 3.8) is 0 Å². The number of benzene rings is 1. The molecule has 2 aromatic rings. The molecule has 0 aliphatic carbocycles. The molecule has 0 unspecified atom stereocenters. The van der Waals surface area contributed by atoms with E-state index in [1.807, 2.05) is 24.3 Å². The quantitative estimate of drug-likeness (QED) is 0.749. The molecule has 1 heterocycles. The van der Waals surface area contributed by atoms with E-state index in [2.05, 4.69) is 0 Å². The Morgan fingerprint density at radius 2 is 1.89 bits per heavy atom. The standard InChI is InChI=1S/C14H19N3O2/c15-6-1-9-19-12-4-2-11-3-5-14(18)17(8-7-16)13(11)10-12/h2-5,10H,1,6-9,15-16H2. The fourth-order valence-corrected chi connectivity index (χ4v) is 1.99. The van der Waals surface area contributed by atoms with Gasteiger partial charge < -0.3 is 20.8 Å². The van der Waals surface area contributed by atoms with Crippen molar-refractivity contribution in [1.29, 1.82) is 0 Å².